The number of nitrogens with one attached hydrogen (secondary N) is 1. The van der Waals surface area contributed by atoms with Gasteiger partial charge in [0.05, 0.1) is 11.6 Å². The summed E-state index contributed by atoms with van der Waals surface area (Å²) < 4.78 is 2.11. The minimum Gasteiger partial charge on any atom is -0.350 e. The summed E-state index contributed by atoms with van der Waals surface area (Å²) in [5.41, 5.74) is 2.35. The fourth-order valence-corrected chi connectivity index (χ4v) is 2.95. The zero-order valence-electron chi connectivity index (χ0n) is 14.1. The van der Waals surface area contributed by atoms with E-state index in [9.17, 15) is 4.79 Å². The van der Waals surface area contributed by atoms with Gasteiger partial charge in [-0.15, -0.1) is 0 Å². The van der Waals surface area contributed by atoms with Crippen molar-refractivity contribution in [1.29, 1.82) is 0 Å². The van der Waals surface area contributed by atoms with Gasteiger partial charge in [0, 0.05) is 26.3 Å². The maximum Gasteiger partial charge on any atom is 0.317 e. The Hall–Kier alpha value is -1.97. The predicted molar refractivity (Wildman–Crippen MR) is 92.0 cm³/mol. The summed E-state index contributed by atoms with van der Waals surface area (Å²) in [5, 5.41) is 4.36. The largest absolute Gasteiger partial charge is 0.350 e. The second-order valence-corrected chi connectivity index (χ2v) is 5.87. The molecule has 1 heterocycles. The molecule has 2 amide bonds. The Morgan fingerprint density at radius 3 is 2.55 bits per heavy atom. The number of fused-ring (bicyclic) bond motifs is 1. The minimum absolute atomic E-state index is 0.0130. The highest BCUT2D eigenvalue weighted by Crippen LogP contribution is 2.24. The maximum absolute atomic E-state index is 12.5. The van der Waals surface area contributed by atoms with Gasteiger partial charge in [-0.2, -0.15) is 0 Å². The van der Waals surface area contributed by atoms with E-state index in [1.807, 2.05) is 11.9 Å². The van der Waals surface area contributed by atoms with Crippen LogP contribution >= 0.6 is 0 Å². The van der Waals surface area contributed by atoms with Crippen LogP contribution in [0.25, 0.3) is 10.9 Å². The molecule has 0 radical (unpaired) electrons. The van der Waals surface area contributed by atoms with Crippen LogP contribution in [0.1, 0.15) is 45.2 Å². The van der Waals surface area contributed by atoms with Crippen LogP contribution in [0.4, 0.5) is 4.79 Å². The van der Waals surface area contributed by atoms with Crippen molar-refractivity contribution in [2.24, 2.45) is 7.05 Å². The van der Waals surface area contributed by atoms with E-state index in [-0.39, 0.29) is 12.1 Å². The van der Waals surface area contributed by atoms with Crippen LogP contribution in [-0.2, 0) is 7.05 Å². The Morgan fingerprint density at radius 2 is 1.91 bits per heavy atom. The van der Waals surface area contributed by atoms with Gasteiger partial charge in [-0.05, 0) is 36.8 Å². The third kappa shape index (κ3) is 3.43. The van der Waals surface area contributed by atoms with Crippen molar-refractivity contribution in [3.63, 3.8) is 0 Å². The Balaban J connectivity index is 2.18. The summed E-state index contributed by atoms with van der Waals surface area (Å²) in [5.74, 6) is 0. The number of benzene rings is 1. The molecule has 0 aliphatic rings. The number of nitrogens with zero attached hydrogens (tertiary/aromatic N) is 2. The molecular formula is C18H27N3O. The molecule has 0 aliphatic carbocycles. The third-order valence-electron chi connectivity index (χ3n) is 4.01. The summed E-state index contributed by atoms with van der Waals surface area (Å²) in [4.78, 5) is 14.4. The average Bonchev–Trinajstić information content (AvgIpc) is 2.88. The lowest BCUT2D eigenvalue weighted by molar-refractivity contribution is 0.194. The third-order valence-corrected chi connectivity index (χ3v) is 4.01. The lowest BCUT2D eigenvalue weighted by Crippen LogP contribution is -2.41. The highest BCUT2D eigenvalue weighted by atomic mass is 16.2. The Kier molecular flexibility index (Phi) is 5.47. The van der Waals surface area contributed by atoms with Gasteiger partial charge in [0.25, 0.3) is 0 Å². The van der Waals surface area contributed by atoms with Gasteiger partial charge in [0.15, 0.2) is 0 Å². The van der Waals surface area contributed by atoms with Crippen LogP contribution in [0.2, 0.25) is 0 Å². The number of hydrogen-bond acceptors (Lipinski definition) is 1. The van der Waals surface area contributed by atoms with Crippen LogP contribution < -0.4 is 5.32 Å². The number of urea groups is 1. The van der Waals surface area contributed by atoms with Gasteiger partial charge in [0.1, 0.15) is 0 Å². The molecule has 2 rings (SSSR count). The van der Waals surface area contributed by atoms with Crippen molar-refractivity contribution < 1.29 is 4.79 Å². The molecule has 0 saturated heterocycles. The van der Waals surface area contributed by atoms with Gasteiger partial charge in [-0.25, -0.2) is 4.79 Å². The molecule has 4 heteroatoms. The topological polar surface area (TPSA) is 37.3 Å². The van der Waals surface area contributed by atoms with Gasteiger partial charge in [0.2, 0.25) is 0 Å². The van der Waals surface area contributed by atoms with Crippen molar-refractivity contribution in [2.45, 2.75) is 39.7 Å². The molecule has 1 unspecified atom stereocenters. The molecule has 0 saturated carbocycles. The number of hydrogen-bond donors (Lipinski definition) is 1. The standard InChI is InChI=1S/C18H27N3O/c1-5-11-21(12-6-2)18(22)19-14(3)16-9-7-8-15-10-13-20(4)17(15)16/h7-10,13-14H,5-6,11-12H2,1-4H3,(H,19,22). The van der Waals surface area contributed by atoms with Gasteiger partial charge in [-0.1, -0.05) is 32.0 Å². The number of carbonyl (C=O) groups excluding carboxylic acids is 1. The monoisotopic (exact) mass is 301 g/mol. The van der Waals surface area contributed by atoms with Crippen LogP contribution in [0, 0.1) is 0 Å². The molecule has 1 atom stereocenters. The fourth-order valence-electron chi connectivity index (χ4n) is 2.95. The van der Waals surface area contributed by atoms with Crippen molar-refractivity contribution in [3.8, 4) is 0 Å². The molecule has 4 nitrogen and oxygen atoms in total. The smallest absolute Gasteiger partial charge is 0.317 e. The molecule has 22 heavy (non-hydrogen) atoms. The maximum atomic E-state index is 12.5. The number of para-hydroxylation sites is 1. The second-order valence-electron chi connectivity index (χ2n) is 5.87. The quantitative estimate of drug-likeness (QED) is 0.858. The zero-order valence-corrected chi connectivity index (χ0v) is 14.1. The molecule has 1 aromatic carbocycles. The minimum atomic E-state index is -0.0130. The molecule has 0 fully saturated rings. The summed E-state index contributed by atoms with van der Waals surface area (Å²) >= 11 is 0. The lowest BCUT2D eigenvalue weighted by Gasteiger charge is -2.25. The molecule has 1 N–H and O–H groups in total. The van der Waals surface area contributed by atoms with Crippen molar-refractivity contribution >= 4 is 16.9 Å². The highest BCUT2D eigenvalue weighted by molar-refractivity contribution is 5.84. The summed E-state index contributed by atoms with van der Waals surface area (Å²) in [7, 11) is 2.04. The first-order chi connectivity index (χ1) is 10.6. The molecular weight excluding hydrogens is 274 g/mol. The Labute approximate surface area is 133 Å². The Bertz CT molecular complexity index is 626. The van der Waals surface area contributed by atoms with Crippen LogP contribution in [-0.4, -0.2) is 28.6 Å². The van der Waals surface area contributed by atoms with Crippen LogP contribution in [0.3, 0.4) is 0 Å². The van der Waals surface area contributed by atoms with Crippen LogP contribution in [0.5, 0.6) is 0 Å². The van der Waals surface area contributed by atoms with E-state index < -0.39 is 0 Å². The summed E-state index contributed by atoms with van der Waals surface area (Å²) in [6.07, 6.45) is 4.02. The first-order valence-corrected chi connectivity index (χ1v) is 8.17. The number of rotatable bonds is 6. The average molecular weight is 301 g/mol. The first kappa shape index (κ1) is 16.4. The van der Waals surface area contributed by atoms with E-state index in [1.54, 1.807) is 0 Å². The predicted octanol–water partition coefficient (Wildman–Crippen LogP) is 4.07. The van der Waals surface area contributed by atoms with E-state index in [0.29, 0.717) is 0 Å². The molecule has 120 valence electrons. The van der Waals surface area contributed by atoms with E-state index in [1.165, 1.54) is 10.9 Å². The van der Waals surface area contributed by atoms with E-state index in [4.69, 9.17) is 0 Å². The number of amides is 2. The van der Waals surface area contributed by atoms with Gasteiger partial charge in [-0.3, -0.25) is 0 Å². The van der Waals surface area contributed by atoms with E-state index in [0.717, 1.165) is 31.5 Å². The SMILES string of the molecule is CCCN(CCC)C(=O)NC(C)c1cccc2ccn(C)c12. The normalized spacial score (nSPS) is 12.4. The molecule has 0 spiro atoms. The van der Waals surface area contributed by atoms with Crippen molar-refractivity contribution in [2.75, 3.05) is 13.1 Å². The fraction of sp³-hybridized carbons (Fsp3) is 0.500. The number of aromatic nitrogens is 1. The van der Waals surface area contributed by atoms with Crippen molar-refractivity contribution in [3.05, 3.63) is 36.0 Å². The molecule has 0 bridgehead atoms. The van der Waals surface area contributed by atoms with Crippen molar-refractivity contribution in [1.82, 2.24) is 14.8 Å². The summed E-state index contributed by atoms with van der Waals surface area (Å²) in [6.45, 7) is 7.87. The van der Waals surface area contributed by atoms with Gasteiger partial charge < -0.3 is 14.8 Å². The van der Waals surface area contributed by atoms with E-state index in [2.05, 4.69) is 61.1 Å². The lowest BCUT2D eigenvalue weighted by atomic mass is 10.1. The summed E-state index contributed by atoms with van der Waals surface area (Å²) in [6, 6.07) is 8.37. The molecule has 1 aromatic heterocycles. The highest BCUT2D eigenvalue weighted by Gasteiger charge is 2.17. The molecule has 0 aliphatic heterocycles. The number of carbonyl (C=O) groups is 1. The Morgan fingerprint density at radius 1 is 1.23 bits per heavy atom. The number of aryl methyl sites for hydroxylation is 1. The van der Waals surface area contributed by atoms with E-state index >= 15 is 0 Å². The second kappa shape index (κ2) is 7.34. The van der Waals surface area contributed by atoms with Gasteiger partial charge >= 0.3 is 6.03 Å². The zero-order chi connectivity index (χ0) is 16.1. The molecule has 2 aromatic rings. The first-order valence-electron chi connectivity index (χ1n) is 8.17. The van der Waals surface area contributed by atoms with Crippen LogP contribution in [0.15, 0.2) is 30.5 Å².